The van der Waals surface area contributed by atoms with E-state index in [4.69, 9.17) is 4.74 Å². The second-order valence-electron chi connectivity index (χ2n) is 7.41. The smallest absolute Gasteiger partial charge is 0.323 e. The van der Waals surface area contributed by atoms with Crippen LogP contribution in [-0.2, 0) is 15.1 Å². The summed E-state index contributed by atoms with van der Waals surface area (Å²) in [7, 11) is 0. The largest absolute Gasteiger partial charge is 0.459 e. The molecule has 1 N–H and O–H groups in total. The maximum absolute atomic E-state index is 12.5. The third-order valence-corrected chi connectivity index (χ3v) is 4.45. The van der Waals surface area contributed by atoms with Crippen molar-refractivity contribution in [1.29, 1.82) is 0 Å². The zero-order valence-corrected chi connectivity index (χ0v) is 14.6. The van der Waals surface area contributed by atoms with Crippen LogP contribution in [0.25, 0.3) is 0 Å². The van der Waals surface area contributed by atoms with Crippen molar-refractivity contribution in [1.82, 2.24) is 5.32 Å². The van der Waals surface area contributed by atoms with E-state index < -0.39 is 5.60 Å². The Morgan fingerprint density at radius 3 is 1.96 bits per heavy atom. The maximum atomic E-state index is 12.5. The van der Waals surface area contributed by atoms with Crippen molar-refractivity contribution in [2.45, 2.75) is 50.8 Å². The van der Waals surface area contributed by atoms with E-state index in [9.17, 15) is 4.79 Å². The summed E-state index contributed by atoms with van der Waals surface area (Å²) in [5.74, 6) is -0.170. The van der Waals surface area contributed by atoms with Gasteiger partial charge in [-0.05, 0) is 44.7 Å². The first kappa shape index (κ1) is 16.7. The molecule has 0 bridgehead atoms. The molecule has 1 atom stereocenters. The number of benzene rings is 2. The van der Waals surface area contributed by atoms with E-state index in [1.54, 1.807) is 0 Å². The van der Waals surface area contributed by atoms with Gasteiger partial charge in [0.05, 0.1) is 5.54 Å². The summed E-state index contributed by atoms with van der Waals surface area (Å²) in [6.45, 7) is 5.71. The van der Waals surface area contributed by atoms with Crippen LogP contribution < -0.4 is 5.32 Å². The first-order valence-corrected chi connectivity index (χ1v) is 8.52. The minimum absolute atomic E-state index is 0.170. The molecule has 1 heterocycles. The average molecular weight is 323 g/mol. The number of hydrogen-bond donors (Lipinski definition) is 1. The lowest BCUT2D eigenvalue weighted by Gasteiger charge is -2.32. The molecule has 3 nitrogen and oxygen atoms in total. The predicted octanol–water partition coefficient (Wildman–Crippen LogP) is 4.02. The fourth-order valence-electron chi connectivity index (χ4n) is 3.42. The molecule has 3 rings (SSSR count). The van der Waals surface area contributed by atoms with Crippen molar-refractivity contribution in [3.8, 4) is 0 Å². The van der Waals surface area contributed by atoms with Gasteiger partial charge >= 0.3 is 5.97 Å². The molecule has 24 heavy (non-hydrogen) atoms. The third kappa shape index (κ3) is 3.36. The Morgan fingerprint density at radius 2 is 1.50 bits per heavy atom. The fourth-order valence-corrected chi connectivity index (χ4v) is 3.42. The van der Waals surface area contributed by atoms with Gasteiger partial charge in [0.25, 0.3) is 0 Å². The van der Waals surface area contributed by atoms with Gasteiger partial charge < -0.3 is 4.74 Å². The van der Waals surface area contributed by atoms with E-state index >= 15 is 0 Å². The summed E-state index contributed by atoms with van der Waals surface area (Å²) in [6.07, 6.45) is 1.63. The molecular formula is C21H25NO2. The minimum Gasteiger partial charge on any atom is -0.459 e. The monoisotopic (exact) mass is 323 g/mol. The van der Waals surface area contributed by atoms with Crippen molar-refractivity contribution in [2.24, 2.45) is 0 Å². The van der Waals surface area contributed by atoms with E-state index in [1.807, 2.05) is 57.2 Å². The summed E-state index contributed by atoms with van der Waals surface area (Å²) >= 11 is 0. The van der Waals surface area contributed by atoms with E-state index in [-0.39, 0.29) is 17.6 Å². The third-order valence-electron chi connectivity index (χ3n) is 4.45. The molecule has 3 heteroatoms. The van der Waals surface area contributed by atoms with Gasteiger partial charge in [0.1, 0.15) is 11.6 Å². The Morgan fingerprint density at radius 1 is 1.00 bits per heavy atom. The number of esters is 1. The predicted molar refractivity (Wildman–Crippen MR) is 95.7 cm³/mol. The standard InChI is InChI=1S/C21H25NO2/c1-20(2,3)24-19(23)18-14-15-21(22-18,16-10-6-4-7-11-16)17-12-8-5-9-13-17/h4-13,18,22H,14-15H2,1-3H3/t18-/m0/s1. The van der Waals surface area contributed by atoms with Gasteiger partial charge in [0.15, 0.2) is 0 Å². The molecule has 0 radical (unpaired) electrons. The SMILES string of the molecule is CC(C)(C)OC(=O)[C@@H]1CCC(c2ccccc2)(c2ccccc2)N1. The quantitative estimate of drug-likeness (QED) is 0.867. The highest BCUT2D eigenvalue weighted by atomic mass is 16.6. The van der Waals surface area contributed by atoms with Gasteiger partial charge in [-0.3, -0.25) is 10.1 Å². The molecule has 0 aliphatic carbocycles. The van der Waals surface area contributed by atoms with Crippen LogP contribution in [0.5, 0.6) is 0 Å². The summed E-state index contributed by atoms with van der Waals surface area (Å²) in [5.41, 5.74) is 1.55. The van der Waals surface area contributed by atoms with Crippen LogP contribution in [0.4, 0.5) is 0 Å². The number of nitrogens with one attached hydrogen (secondary N) is 1. The van der Waals surface area contributed by atoms with Crippen LogP contribution in [0.3, 0.4) is 0 Å². The Kier molecular flexibility index (Phi) is 4.46. The molecule has 2 aromatic carbocycles. The fraction of sp³-hybridized carbons (Fsp3) is 0.381. The van der Waals surface area contributed by atoms with E-state index in [2.05, 4.69) is 29.6 Å². The lowest BCUT2D eigenvalue weighted by Crippen LogP contribution is -2.46. The zero-order chi connectivity index (χ0) is 17.2. The van der Waals surface area contributed by atoms with E-state index in [0.29, 0.717) is 0 Å². The molecule has 0 aromatic heterocycles. The first-order chi connectivity index (χ1) is 11.4. The Labute approximate surface area is 144 Å². The second-order valence-corrected chi connectivity index (χ2v) is 7.41. The summed E-state index contributed by atoms with van der Waals surface area (Å²) < 4.78 is 5.59. The summed E-state index contributed by atoms with van der Waals surface area (Å²) in [4.78, 5) is 12.5. The van der Waals surface area contributed by atoms with Gasteiger partial charge in [-0.15, -0.1) is 0 Å². The lowest BCUT2D eigenvalue weighted by atomic mass is 9.82. The summed E-state index contributed by atoms with van der Waals surface area (Å²) in [6, 6.07) is 20.4. The first-order valence-electron chi connectivity index (χ1n) is 8.52. The Balaban J connectivity index is 1.93. The molecule has 1 saturated heterocycles. The number of ether oxygens (including phenoxy) is 1. The van der Waals surface area contributed by atoms with Crippen molar-refractivity contribution in [3.63, 3.8) is 0 Å². The van der Waals surface area contributed by atoms with E-state index in [0.717, 1.165) is 12.8 Å². The molecular weight excluding hydrogens is 298 g/mol. The van der Waals surface area contributed by atoms with Gasteiger partial charge in [-0.25, -0.2) is 0 Å². The molecule has 1 fully saturated rings. The van der Waals surface area contributed by atoms with Gasteiger partial charge in [-0.1, -0.05) is 60.7 Å². The van der Waals surface area contributed by atoms with Crippen molar-refractivity contribution in [2.75, 3.05) is 0 Å². The number of hydrogen-bond acceptors (Lipinski definition) is 3. The number of rotatable bonds is 3. The highest BCUT2D eigenvalue weighted by molar-refractivity contribution is 5.77. The zero-order valence-electron chi connectivity index (χ0n) is 14.6. The minimum atomic E-state index is -0.469. The molecule has 2 aromatic rings. The molecule has 1 aliphatic heterocycles. The molecule has 0 unspecified atom stereocenters. The van der Waals surface area contributed by atoms with Gasteiger partial charge in [0, 0.05) is 0 Å². The lowest BCUT2D eigenvalue weighted by molar-refractivity contribution is -0.157. The Bertz CT molecular complexity index is 649. The highest BCUT2D eigenvalue weighted by Gasteiger charge is 2.44. The molecule has 0 saturated carbocycles. The normalized spacial score (nSPS) is 19.9. The second kappa shape index (κ2) is 6.40. The molecule has 0 spiro atoms. The van der Waals surface area contributed by atoms with Gasteiger partial charge in [0.2, 0.25) is 0 Å². The van der Waals surface area contributed by atoms with Crippen LogP contribution >= 0.6 is 0 Å². The van der Waals surface area contributed by atoms with Crippen molar-refractivity contribution < 1.29 is 9.53 Å². The highest BCUT2D eigenvalue weighted by Crippen LogP contribution is 2.40. The van der Waals surface area contributed by atoms with Crippen LogP contribution in [0.2, 0.25) is 0 Å². The van der Waals surface area contributed by atoms with Crippen LogP contribution in [0.1, 0.15) is 44.7 Å². The average Bonchev–Trinajstić information content (AvgIpc) is 3.02. The Hall–Kier alpha value is -2.13. The van der Waals surface area contributed by atoms with Crippen LogP contribution in [0, 0.1) is 0 Å². The van der Waals surface area contributed by atoms with Gasteiger partial charge in [-0.2, -0.15) is 0 Å². The van der Waals surface area contributed by atoms with E-state index in [1.165, 1.54) is 11.1 Å². The van der Waals surface area contributed by atoms with Crippen LogP contribution in [-0.4, -0.2) is 17.6 Å². The van der Waals surface area contributed by atoms with Crippen molar-refractivity contribution in [3.05, 3.63) is 71.8 Å². The summed E-state index contributed by atoms with van der Waals surface area (Å²) in [5, 5.41) is 3.58. The van der Waals surface area contributed by atoms with Crippen LogP contribution in [0.15, 0.2) is 60.7 Å². The molecule has 126 valence electrons. The topological polar surface area (TPSA) is 38.3 Å². The molecule has 0 amide bonds. The number of carbonyl (C=O) groups is 1. The maximum Gasteiger partial charge on any atom is 0.323 e. The number of carbonyl (C=O) groups excluding carboxylic acids is 1. The molecule has 1 aliphatic rings. The van der Waals surface area contributed by atoms with Crippen molar-refractivity contribution >= 4 is 5.97 Å².